The Balaban J connectivity index is 1.95. The number of benzene rings is 1. The molecule has 0 unspecified atom stereocenters. The monoisotopic (exact) mass is 390 g/mol. The molecule has 1 aliphatic rings. The first-order valence-corrected chi connectivity index (χ1v) is 10.0. The summed E-state index contributed by atoms with van der Waals surface area (Å²) in [7, 11) is 0. The van der Waals surface area contributed by atoms with Gasteiger partial charge in [-0.3, -0.25) is 9.59 Å². The Hall–Kier alpha value is -2.57. The first kappa shape index (κ1) is 21.7. The third-order valence-electron chi connectivity index (χ3n) is 4.99. The van der Waals surface area contributed by atoms with E-state index in [-0.39, 0.29) is 24.3 Å². The fourth-order valence-electron chi connectivity index (χ4n) is 3.33. The van der Waals surface area contributed by atoms with Gasteiger partial charge in [0.2, 0.25) is 5.91 Å². The van der Waals surface area contributed by atoms with Crippen LogP contribution in [0.5, 0.6) is 5.75 Å². The van der Waals surface area contributed by atoms with E-state index in [9.17, 15) is 14.4 Å². The van der Waals surface area contributed by atoms with Crippen LogP contribution < -0.4 is 4.74 Å². The molecule has 0 saturated carbocycles. The molecule has 0 N–H and O–H groups in total. The van der Waals surface area contributed by atoms with Gasteiger partial charge in [-0.05, 0) is 50.5 Å². The molecular weight excluding hydrogens is 360 g/mol. The minimum Gasteiger partial charge on any atom is -0.434 e. The molecule has 1 heterocycles. The van der Waals surface area contributed by atoms with E-state index < -0.39 is 6.16 Å². The third kappa shape index (κ3) is 5.71. The number of nitrogens with zero attached hydrogens (tertiary/aromatic N) is 2. The number of amides is 2. The van der Waals surface area contributed by atoms with Crippen LogP contribution >= 0.6 is 0 Å². The summed E-state index contributed by atoms with van der Waals surface area (Å²) in [6.45, 7) is 8.39. The molecule has 154 valence electrons. The molecule has 1 aromatic carbocycles. The number of carbonyl (C=O) groups excluding carboxylic acids is 3. The van der Waals surface area contributed by atoms with Gasteiger partial charge in [0.1, 0.15) is 5.75 Å². The first-order valence-electron chi connectivity index (χ1n) is 10.0. The molecule has 7 nitrogen and oxygen atoms in total. The van der Waals surface area contributed by atoms with Gasteiger partial charge >= 0.3 is 6.16 Å². The Morgan fingerprint density at radius 1 is 0.929 bits per heavy atom. The Bertz CT molecular complexity index is 670. The van der Waals surface area contributed by atoms with Crippen LogP contribution in [-0.2, 0) is 9.53 Å². The Labute approximate surface area is 166 Å². The van der Waals surface area contributed by atoms with E-state index in [1.54, 1.807) is 36.1 Å². The lowest BCUT2D eigenvalue weighted by atomic mass is 10.0. The van der Waals surface area contributed by atoms with Gasteiger partial charge in [0.05, 0.1) is 6.61 Å². The molecule has 1 fully saturated rings. The van der Waals surface area contributed by atoms with Gasteiger partial charge in [-0.15, -0.1) is 0 Å². The molecule has 28 heavy (non-hydrogen) atoms. The van der Waals surface area contributed by atoms with Gasteiger partial charge in [-0.1, -0.05) is 13.8 Å². The fourth-order valence-corrected chi connectivity index (χ4v) is 3.33. The van der Waals surface area contributed by atoms with Crippen molar-refractivity contribution < 1.29 is 23.9 Å². The number of hydrogen-bond acceptors (Lipinski definition) is 5. The maximum atomic E-state index is 12.8. The molecule has 0 atom stereocenters. The first-order chi connectivity index (χ1) is 13.5. The van der Waals surface area contributed by atoms with Crippen molar-refractivity contribution in [2.24, 2.45) is 5.92 Å². The third-order valence-corrected chi connectivity index (χ3v) is 4.99. The van der Waals surface area contributed by atoms with Crippen molar-refractivity contribution in [1.82, 2.24) is 9.80 Å². The van der Waals surface area contributed by atoms with Crippen LogP contribution in [0, 0.1) is 5.92 Å². The van der Waals surface area contributed by atoms with Crippen LogP contribution in [0.25, 0.3) is 0 Å². The molecule has 0 radical (unpaired) electrons. The summed E-state index contributed by atoms with van der Waals surface area (Å²) in [5.74, 6) is 0.501. The predicted octanol–water partition coefficient (Wildman–Crippen LogP) is 3.33. The standard InChI is InChI=1S/C21H30N2O5/c1-4-16(5-2)19(24)22-12-7-13-23(15-14-22)20(25)17-8-10-18(11-9-17)28-21(26)27-6-3/h8-11,16H,4-7,12-15H2,1-3H3. The highest BCUT2D eigenvalue weighted by molar-refractivity contribution is 5.94. The SMILES string of the molecule is CCOC(=O)Oc1ccc(C(=O)N2CCCN(C(=O)C(CC)CC)CC2)cc1. The highest BCUT2D eigenvalue weighted by Crippen LogP contribution is 2.17. The molecule has 2 amide bonds. The van der Waals surface area contributed by atoms with Gasteiger partial charge in [0, 0.05) is 37.7 Å². The van der Waals surface area contributed by atoms with Crippen molar-refractivity contribution in [3.05, 3.63) is 29.8 Å². The number of hydrogen-bond donors (Lipinski definition) is 0. The molecule has 0 bridgehead atoms. The molecule has 0 spiro atoms. The maximum Gasteiger partial charge on any atom is 0.513 e. The van der Waals surface area contributed by atoms with Gasteiger partial charge in [-0.2, -0.15) is 0 Å². The lowest BCUT2D eigenvalue weighted by molar-refractivity contribution is -0.135. The summed E-state index contributed by atoms with van der Waals surface area (Å²) in [6.07, 6.45) is 1.68. The van der Waals surface area contributed by atoms with Crippen molar-refractivity contribution >= 4 is 18.0 Å². The largest absolute Gasteiger partial charge is 0.513 e. The number of carbonyl (C=O) groups is 3. The van der Waals surface area contributed by atoms with E-state index in [0.29, 0.717) is 37.5 Å². The van der Waals surface area contributed by atoms with Crippen LogP contribution in [0.3, 0.4) is 0 Å². The van der Waals surface area contributed by atoms with E-state index in [4.69, 9.17) is 9.47 Å². The summed E-state index contributed by atoms with van der Waals surface area (Å²) in [5, 5.41) is 0. The van der Waals surface area contributed by atoms with E-state index in [2.05, 4.69) is 0 Å². The molecule has 2 rings (SSSR count). The summed E-state index contributed by atoms with van der Waals surface area (Å²) in [5.41, 5.74) is 0.524. The Morgan fingerprint density at radius 3 is 2.14 bits per heavy atom. The normalized spacial score (nSPS) is 14.6. The Kier molecular flexibility index (Phi) is 8.29. The average Bonchev–Trinajstić information content (AvgIpc) is 2.95. The fraction of sp³-hybridized carbons (Fsp3) is 0.571. The molecule has 7 heteroatoms. The highest BCUT2D eigenvalue weighted by Gasteiger charge is 2.26. The maximum absolute atomic E-state index is 12.8. The van der Waals surface area contributed by atoms with Crippen molar-refractivity contribution in [1.29, 1.82) is 0 Å². The van der Waals surface area contributed by atoms with Gasteiger partial charge < -0.3 is 19.3 Å². The lowest BCUT2D eigenvalue weighted by Gasteiger charge is -2.25. The second-order valence-corrected chi connectivity index (χ2v) is 6.79. The van der Waals surface area contributed by atoms with E-state index in [1.807, 2.05) is 18.7 Å². The van der Waals surface area contributed by atoms with E-state index >= 15 is 0 Å². The smallest absolute Gasteiger partial charge is 0.434 e. The van der Waals surface area contributed by atoms with Gasteiger partial charge in [-0.25, -0.2) is 4.79 Å². The van der Waals surface area contributed by atoms with Crippen molar-refractivity contribution in [3.63, 3.8) is 0 Å². The van der Waals surface area contributed by atoms with Crippen molar-refractivity contribution in [2.45, 2.75) is 40.0 Å². The summed E-state index contributed by atoms with van der Waals surface area (Å²) < 4.78 is 9.74. The molecule has 1 aliphatic heterocycles. The van der Waals surface area contributed by atoms with E-state index in [1.165, 1.54) is 0 Å². The summed E-state index contributed by atoms with van der Waals surface area (Å²) in [4.78, 5) is 40.4. The zero-order valence-corrected chi connectivity index (χ0v) is 17.0. The molecular formula is C21H30N2O5. The van der Waals surface area contributed by atoms with Gasteiger partial charge in [0.25, 0.3) is 5.91 Å². The number of rotatable bonds is 6. The van der Waals surface area contributed by atoms with Crippen LogP contribution in [-0.4, -0.2) is 60.6 Å². The average molecular weight is 390 g/mol. The topological polar surface area (TPSA) is 76.2 Å². The van der Waals surface area contributed by atoms with Crippen LogP contribution in [0.2, 0.25) is 0 Å². The molecule has 1 saturated heterocycles. The summed E-state index contributed by atoms with van der Waals surface area (Å²) >= 11 is 0. The number of ether oxygens (including phenoxy) is 2. The summed E-state index contributed by atoms with van der Waals surface area (Å²) in [6, 6.07) is 6.42. The van der Waals surface area contributed by atoms with Gasteiger partial charge in [0.15, 0.2) is 0 Å². The van der Waals surface area contributed by atoms with Crippen LogP contribution in [0.4, 0.5) is 4.79 Å². The molecule has 1 aromatic rings. The second kappa shape index (κ2) is 10.7. The van der Waals surface area contributed by atoms with Crippen LogP contribution in [0.1, 0.15) is 50.4 Å². The van der Waals surface area contributed by atoms with E-state index in [0.717, 1.165) is 19.3 Å². The zero-order chi connectivity index (χ0) is 20.5. The van der Waals surface area contributed by atoms with Crippen molar-refractivity contribution in [2.75, 3.05) is 32.8 Å². The highest BCUT2D eigenvalue weighted by atomic mass is 16.7. The minimum atomic E-state index is -0.767. The molecule has 0 aliphatic carbocycles. The van der Waals surface area contributed by atoms with Crippen molar-refractivity contribution in [3.8, 4) is 5.75 Å². The van der Waals surface area contributed by atoms with Crippen LogP contribution in [0.15, 0.2) is 24.3 Å². The zero-order valence-electron chi connectivity index (χ0n) is 17.0. The minimum absolute atomic E-state index is 0.0641. The Morgan fingerprint density at radius 2 is 1.54 bits per heavy atom. The molecule has 0 aromatic heterocycles. The quantitative estimate of drug-likeness (QED) is 0.550. The lowest BCUT2D eigenvalue weighted by Crippen LogP contribution is -2.39. The second-order valence-electron chi connectivity index (χ2n) is 6.79. The predicted molar refractivity (Wildman–Crippen MR) is 105 cm³/mol.